The Morgan fingerprint density at radius 1 is 1.00 bits per heavy atom. The van der Waals surface area contributed by atoms with Crippen LogP contribution >= 0.6 is 12.2 Å². The summed E-state index contributed by atoms with van der Waals surface area (Å²) in [7, 11) is 0. The van der Waals surface area contributed by atoms with Crippen LogP contribution in [-0.2, 0) is 11.2 Å². The molecule has 2 aromatic carbocycles. The number of amides is 2. The van der Waals surface area contributed by atoms with Crippen molar-refractivity contribution in [1.82, 2.24) is 16.2 Å². The molecule has 0 saturated carbocycles. The number of hydrazine groups is 1. The SMILES string of the molecule is CCOc1ccccc1C(=O)NC(=S)NNC(=O)Cc1ccccc1. The zero-order valence-corrected chi connectivity index (χ0v) is 14.6. The summed E-state index contributed by atoms with van der Waals surface area (Å²) in [4.78, 5) is 24.1. The Kier molecular flexibility index (Phi) is 6.91. The maximum atomic E-state index is 12.3. The van der Waals surface area contributed by atoms with E-state index >= 15 is 0 Å². The average Bonchev–Trinajstić information content (AvgIpc) is 2.61. The number of benzene rings is 2. The monoisotopic (exact) mass is 357 g/mol. The number of hydrogen-bond donors (Lipinski definition) is 3. The molecule has 130 valence electrons. The maximum absolute atomic E-state index is 12.3. The van der Waals surface area contributed by atoms with Gasteiger partial charge in [-0.1, -0.05) is 42.5 Å². The zero-order chi connectivity index (χ0) is 18.1. The molecule has 3 N–H and O–H groups in total. The first-order chi connectivity index (χ1) is 12.1. The molecule has 0 heterocycles. The second-order valence-corrected chi connectivity index (χ2v) is 5.46. The highest BCUT2D eigenvalue weighted by molar-refractivity contribution is 7.80. The van der Waals surface area contributed by atoms with Crippen molar-refractivity contribution in [2.45, 2.75) is 13.3 Å². The van der Waals surface area contributed by atoms with E-state index in [4.69, 9.17) is 17.0 Å². The maximum Gasteiger partial charge on any atom is 0.261 e. The molecule has 0 atom stereocenters. The molecule has 2 amide bonds. The van der Waals surface area contributed by atoms with Crippen LogP contribution in [0.1, 0.15) is 22.8 Å². The number of thiocarbonyl (C=S) groups is 1. The lowest BCUT2D eigenvalue weighted by Crippen LogP contribution is -2.48. The number of para-hydroxylation sites is 1. The van der Waals surface area contributed by atoms with E-state index in [1.165, 1.54) is 0 Å². The van der Waals surface area contributed by atoms with Crippen molar-refractivity contribution in [3.63, 3.8) is 0 Å². The van der Waals surface area contributed by atoms with Gasteiger partial charge in [-0.25, -0.2) is 0 Å². The van der Waals surface area contributed by atoms with E-state index in [2.05, 4.69) is 16.2 Å². The lowest BCUT2D eigenvalue weighted by molar-refractivity contribution is -0.121. The van der Waals surface area contributed by atoms with E-state index in [1.807, 2.05) is 37.3 Å². The van der Waals surface area contributed by atoms with Gasteiger partial charge in [-0.05, 0) is 36.8 Å². The topological polar surface area (TPSA) is 79.5 Å². The smallest absolute Gasteiger partial charge is 0.261 e. The minimum atomic E-state index is -0.418. The van der Waals surface area contributed by atoms with Crippen LogP contribution in [0.15, 0.2) is 54.6 Å². The van der Waals surface area contributed by atoms with Crippen LogP contribution in [0.4, 0.5) is 0 Å². The second-order valence-electron chi connectivity index (χ2n) is 5.05. The molecule has 0 unspecified atom stereocenters. The fourth-order valence-electron chi connectivity index (χ4n) is 2.09. The first-order valence-corrected chi connectivity index (χ1v) is 8.17. The molecular weight excluding hydrogens is 338 g/mol. The highest BCUT2D eigenvalue weighted by Gasteiger charge is 2.13. The highest BCUT2D eigenvalue weighted by atomic mass is 32.1. The van der Waals surface area contributed by atoms with Crippen LogP contribution in [0.3, 0.4) is 0 Å². The predicted molar refractivity (Wildman–Crippen MR) is 99.1 cm³/mol. The van der Waals surface area contributed by atoms with Crippen molar-refractivity contribution in [2.75, 3.05) is 6.61 Å². The van der Waals surface area contributed by atoms with E-state index in [-0.39, 0.29) is 17.4 Å². The first-order valence-electron chi connectivity index (χ1n) is 7.76. The van der Waals surface area contributed by atoms with Crippen LogP contribution < -0.4 is 20.9 Å². The van der Waals surface area contributed by atoms with Crippen molar-refractivity contribution in [3.05, 3.63) is 65.7 Å². The molecule has 25 heavy (non-hydrogen) atoms. The molecular formula is C18H19N3O3S. The molecule has 2 aromatic rings. The highest BCUT2D eigenvalue weighted by Crippen LogP contribution is 2.17. The number of nitrogens with one attached hydrogen (secondary N) is 3. The molecule has 0 aliphatic rings. The molecule has 0 spiro atoms. The predicted octanol–water partition coefficient (Wildman–Crippen LogP) is 1.96. The third-order valence-electron chi connectivity index (χ3n) is 3.18. The Bertz CT molecular complexity index is 750. The summed E-state index contributed by atoms with van der Waals surface area (Å²) < 4.78 is 5.41. The van der Waals surface area contributed by atoms with Crippen molar-refractivity contribution in [3.8, 4) is 5.75 Å². The van der Waals surface area contributed by atoms with Gasteiger partial charge in [-0.3, -0.25) is 25.8 Å². The molecule has 7 heteroatoms. The molecule has 0 radical (unpaired) electrons. The van der Waals surface area contributed by atoms with Gasteiger partial charge in [0, 0.05) is 0 Å². The van der Waals surface area contributed by atoms with Gasteiger partial charge in [0.2, 0.25) is 5.91 Å². The summed E-state index contributed by atoms with van der Waals surface area (Å²) in [5, 5.41) is 2.50. The Hall–Kier alpha value is -2.93. The Balaban J connectivity index is 1.84. The van der Waals surface area contributed by atoms with Gasteiger partial charge in [0.1, 0.15) is 5.75 Å². The quantitative estimate of drug-likeness (QED) is 0.563. The number of hydrogen-bond acceptors (Lipinski definition) is 4. The fraction of sp³-hybridized carbons (Fsp3) is 0.167. The third kappa shape index (κ3) is 5.89. The van der Waals surface area contributed by atoms with Gasteiger partial charge in [0.15, 0.2) is 5.11 Å². The van der Waals surface area contributed by atoms with Gasteiger partial charge in [0.05, 0.1) is 18.6 Å². The summed E-state index contributed by atoms with van der Waals surface area (Å²) >= 11 is 5.02. The van der Waals surface area contributed by atoms with Gasteiger partial charge in [0.25, 0.3) is 5.91 Å². The molecule has 0 bridgehead atoms. The lowest BCUT2D eigenvalue weighted by atomic mass is 10.1. The number of carbonyl (C=O) groups excluding carboxylic acids is 2. The third-order valence-corrected chi connectivity index (χ3v) is 3.39. The number of ether oxygens (including phenoxy) is 1. The Morgan fingerprint density at radius 2 is 1.68 bits per heavy atom. The minimum Gasteiger partial charge on any atom is -0.493 e. The lowest BCUT2D eigenvalue weighted by Gasteiger charge is -2.13. The molecule has 0 fully saturated rings. The number of carbonyl (C=O) groups is 2. The first kappa shape index (κ1) is 18.4. The van der Waals surface area contributed by atoms with E-state index < -0.39 is 5.91 Å². The van der Waals surface area contributed by atoms with Crippen molar-refractivity contribution in [2.24, 2.45) is 0 Å². The summed E-state index contributed by atoms with van der Waals surface area (Å²) in [6.45, 7) is 2.28. The standard InChI is InChI=1S/C18H19N3O3S/c1-2-24-15-11-7-6-10-14(15)17(23)19-18(25)21-20-16(22)12-13-8-4-3-5-9-13/h3-11H,2,12H2,1H3,(H,20,22)(H2,19,21,23,25). The molecule has 0 saturated heterocycles. The van der Waals surface area contributed by atoms with Crippen LogP contribution in [0, 0.1) is 0 Å². The Morgan fingerprint density at radius 3 is 2.40 bits per heavy atom. The van der Waals surface area contributed by atoms with Crippen LogP contribution in [0.5, 0.6) is 5.75 Å². The van der Waals surface area contributed by atoms with E-state index in [1.54, 1.807) is 24.3 Å². The summed E-state index contributed by atoms with van der Waals surface area (Å²) in [5.41, 5.74) is 6.21. The van der Waals surface area contributed by atoms with Gasteiger partial charge >= 0.3 is 0 Å². The average molecular weight is 357 g/mol. The van der Waals surface area contributed by atoms with Crippen molar-refractivity contribution in [1.29, 1.82) is 0 Å². The van der Waals surface area contributed by atoms with Crippen LogP contribution in [0.25, 0.3) is 0 Å². The van der Waals surface area contributed by atoms with Crippen LogP contribution in [-0.4, -0.2) is 23.5 Å². The molecule has 0 aliphatic heterocycles. The number of rotatable bonds is 5. The Labute approximate surface area is 151 Å². The van der Waals surface area contributed by atoms with Crippen molar-refractivity contribution >= 4 is 29.1 Å². The van der Waals surface area contributed by atoms with Gasteiger partial charge < -0.3 is 4.74 Å². The molecule has 0 aromatic heterocycles. The fourth-order valence-corrected chi connectivity index (χ4v) is 2.23. The zero-order valence-electron chi connectivity index (χ0n) is 13.7. The van der Waals surface area contributed by atoms with Crippen molar-refractivity contribution < 1.29 is 14.3 Å². The van der Waals surface area contributed by atoms with E-state index in [0.29, 0.717) is 17.9 Å². The van der Waals surface area contributed by atoms with E-state index in [9.17, 15) is 9.59 Å². The van der Waals surface area contributed by atoms with Gasteiger partial charge in [-0.2, -0.15) is 0 Å². The second kappa shape index (κ2) is 9.39. The largest absolute Gasteiger partial charge is 0.493 e. The molecule has 0 aliphatic carbocycles. The normalized spacial score (nSPS) is 9.80. The summed E-state index contributed by atoms with van der Waals surface area (Å²) in [6, 6.07) is 16.2. The molecule has 2 rings (SSSR count). The minimum absolute atomic E-state index is 0.00212. The molecule has 6 nitrogen and oxygen atoms in total. The summed E-state index contributed by atoms with van der Waals surface area (Å²) in [5.74, 6) is -0.213. The van der Waals surface area contributed by atoms with Crippen LogP contribution in [0.2, 0.25) is 0 Å². The summed E-state index contributed by atoms with van der Waals surface area (Å²) in [6.07, 6.45) is 0.206. The van der Waals surface area contributed by atoms with E-state index in [0.717, 1.165) is 5.56 Å². The van der Waals surface area contributed by atoms with Gasteiger partial charge in [-0.15, -0.1) is 0 Å².